The lowest BCUT2D eigenvalue weighted by Crippen LogP contribution is -2.32. The van der Waals surface area contributed by atoms with Crippen molar-refractivity contribution in [2.45, 2.75) is 13.0 Å². The van der Waals surface area contributed by atoms with E-state index in [0.717, 1.165) is 10.9 Å². The van der Waals surface area contributed by atoms with Crippen LogP contribution in [0.1, 0.15) is 17.4 Å². The van der Waals surface area contributed by atoms with Crippen molar-refractivity contribution in [2.75, 3.05) is 19.8 Å². The Morgan fingerprint density at radius 3 is 3.15 bits per heavy atom. The van der Waals surface area contributed by atoms with Crippen LogP contribution in [0.15, 0.2) is 18.2 Å². The molecule has 3 rings (SSSR count). The summed E-state index contributed by atoms with van der Waals surface area (Å²) in [5.74, 6) is 0.740. The summed E-state index contributed by atoms with van der Waals surface area (Å²) in [6.45, 7) is 2.26. The number of esters is 1. The molecular formula is C14H15NO5. The van der Waals surface area contributed by atoms with Gasteiger partial charge in [-0.15, -0.1) is 0 Å². The number of benzene rings is 1. The van der Waals surface area contributed by atoms with Crippen LogP contribution in [0.2, 0.25) is 0 Å². The van der Waals surface area contributed by atoms with Crippen LogP contribution in [-0.2, 0) is 4.74 Å². The molecule has 6 heteroatoms. The summed E-state index contributed by atoms with van der Waals surface area (Å²) in [5, 5.41) is 9.90. The molecule has 1 atom stereocenters. The maximum Gasteiger partial charge on any atom is 0.354 e. The van der Waals surface area contributed by atoms with E-state index in [4.69, 9.17) is 19.3 Å². The van der Waals surface area contributed by atoms with Crippen LogP contribution in [0, 0.1) is 0 Å². The second-order valence-electron chi connectivity index (χ2n) is 4.49. The van der Waals surface area contributed by atoms with Crippen molar-refractivity contribution in [1.29, 1.82) is 0 Å². The first-order valence-electron chi connectivity index (χ1n) is 6.46. The number of hydrogen-bond acceptors (Lipinski definition) is 5. The number of carbonyl (C=O) groups is 1. The molecule has 0 spiro atoms. The number of aliphatic hydroxyl groups excluding tert-OH is 1. The Balaban J connectivity index is 2.04. The number of hydrogen-bond donors (Lipinski definition) is 2. The van der Waals surface area contributed by atoms with Crippen LogP contribution in [0.5, 0.6) is 11.5 Å². The maximum atomic E-state index is 11.7. The fourth-order valence-corrected chi connectivity index (χ4v) is 2.18. The fourth-order valence-electron chi connectivity index (χ4n) is 2.18. The zero-order valence-corrected chi connectivity index (χ0v) is 11.0. The van der Waals surface area contributed by atoms with Gasteiger partial charge in [-0.1, -0.05) is 0 Å². The molecule has 0 unspecified atom stereocenters. The molecule has 1 aromatic carbocycles. The lowest BCUT2D eigenvalue weighted by Gasteiger charge is -2.25. The first-order valence-corrected chi connectivity index (χ1v) is 6.46. The Morgan fingerprint density at radius 2 is 2.40 bits per heavy atom. The van der Waals surface area contributed by atoms with Gasteiger partial charge in [-0.05, 0) is 25.1 Å². The largest absolute Gasteiger partial charge is 0.486 e. The Bertz CT molecular complexity index is 648. The van der Waals surface area contributed by atoms with Crippen molar-refractivity contribution in [3.05, 3.63) is 23.9 Å². The highest BCUT2D eigenvalue weighted by Gasteiger charge is 2.24. The van der Waals surface area contributed by atoms with E-state index in [1.165, 1.54) is 0 Å². The topological polar surface area (TPSA) is 80.8 Å². The average Bonchev–Trinajstić information content (AvgIpc) is 2.91. The molecule has 20 heavy (non-hydrogen) atoms. The van der Waals surface area contributed by atoms with Crippen LogP contribution in [0.4, 0.5) is 0 Å². The van der Waals surface area contributed by atoms with Gasteiger partial charge in [0.2, 0.25) is 0 Å². The molecular weight excluding hydrogens is 262 g/mol. The maximum absolute atomic E-state index is 11.7. The van der Waals surface area contributed by atoms with Crippen LogP contribution >= 0.6 is 0 Å². The van der Waals surface area contributed by atoms with E-state index < -0.39 is 12.1 Å². The number of aromatic nitrogens is 1. The molecule has 0 radical (unpaired) electrons. The molecule has 0 amide bonds. The van der Waals surface area contributed by atoms with Gasteiger partial charge < -0.3 is 24.3 Å². The van der Waals surface area contributed by atoms with Gasteiger partial charge in [0.1, 0.15) is 12.3 Å². The van der Waals surface area contributed by atoms with Crippen molar-refractivity contribution in [3.8, 4) is 11.5 Å². The lowest BCUT2D eigenvalue weighted by molar-refractivity contribution is 0.0472. The number of H-pyrrole nitrogens is 1. The number of aliphatic hydroxyl groups is 1. The second kappa shape index (κ2) is 5.05. The number of fused-ring (bicyclic) bond motifs is 3. The van der Waals surface area contributed by atoms with Crippen molar-refractivity contribution >= 4 is 16.9 Å². The standard InChI is InChI=1S/C14H15NO5/c1-2-18-14(17)11-5-9-10(15-11)3-4-12-13(9)20-8(6-16)7-19-12/h3-5,8,15-16H,2,6-7H2,1H3/t8-/m0/s1. The first kappa shape index (κ1) is 12.8. The monoisotopic (exact) mass is 277 g/mol. The molecule has 2 N–H and O–H groups in total. The number of carbonyl (C=O) groups excluding carboxylic acids is 1. The van der Waals surface area contributed by atoms with E-state index in [-0.39, 0.29) is 6.61 Å². The van der Waals surface area contributed by atoms with Crippen LogP contribution < -0.4 is 9.47 Å². The highest BCUT2D eigenvalue weighted by atomic mass is 16.6. The van der Waals surface area contributed by atoms with Crippen molar-refractivity contribution in [1.82, 2.24) is 4.98 Å². The summed E-state index contributed by atoms with van der Waals surface area (Å²) in [6.07, 6.45) is -0.394. The van der Waals surface area contributed by atoms with Gasteiger partial charge in [-0.25, -0.2) is 4.79 Å². The minimum Gasteiger partial charge on any atom is -0.486 e. The molecule has 1 aliphatic rings. The van der Waals surface area contributed by atoms with Gasteiger partial charge in [-0.2, -0.15) is 0 Å². The van der Waals surface area contributed by atoms with E-state index in [9.17, 15) is 4.79 Å². The minimum atomic E-state index is -0.409. The quantitative estimate of drug-likeness (QED) is 0.830. The predicted octanol–water partition coefficient (Wildman–Crippen LogP) is 1.48. The van der Waals surface area contributed by atoms with Crippen LogP contribution in [0.3, 0.4) is 0 Å². The van der Waals surface area contributed by atoms with E-state index >= 15 is 0 Å². The number of ether oxygens (including phenoxy) is 3. The smallest absolute Gasteiger partial charge is 0.354 e. The second-order valence-corrected chi connectivity index (χ2v) is 4.49. The molecule has 1 aliphatic heterocycles. The summed E-state index contributed by atoms with van der Waals surface area (Å²) in [6, 6.07) is 5.27. The van der Waals surface area contributed by atoms with Crippen molar-refractivity contribution in [2.24, 2.45) is 0 Å². The van der Waals surface area contributed by atoms with Gasteiger partial charge in [-0.3, -0.25) is 0 Å². The zero-order valence-electron chi connectivity index (χ0n) is 11.0. The molecule has 0 bridgehead atoms. The average molecular weight is 277 g/mol. The van der Waals surface area contributed by atoms with Gasteiger partial charge in [0.25, 0.3) is 0 Å². The van der Waals surface area contributed by atoms with Gasteiger partial charge in [0, 0.05) is 5.39 Å². The Morgan fingerprint density at radius 1 is 1.55 bits per heavy atom. The Kier molecular flexibility index (Phi) is 3.23. The SMILES string of the molecule is CCOC(=O)c1cc2c3c(ccc2[nH]1)OC[C@H](CO)O3. The summed E-state index contributed by atoms with van der Waals surface area (Å²) in [7, 11) is 0. The number of nitrogens with one attached hydrogen (secondary N) is 1. The summed E-state index contributed by atoms with van der Waals surface area (Å²) < 4.78 is 16.2. The third-order valence-corrected chi connectivity index (χ3v) is 3.13. The zero-order chi connectivity index (χ0) is 14.1. The molecule has 106 valence electrons. The number of rotatable bonds is 3. The molecule has 0 saturated carbocycles. The predicted molar refractivity (Wildman–Crippen MR) is 71.3 cm³/mol. The third kappa shape index (κ3) is 2.08. The van der Waals surface area contributed by atoms with Crippen LogP contribution in [-0.4, -0.2) is 42.0 Å². The lowest BCUT2D eigenvalue weighted by atomic mass is 10.2. The summed E-state index contributed by atoms with van der Waals surface area (Å²) >= 11 is 0. The molecule has 2 aromatic rings. The highest BCUT2D eigenvalue weighted by molar-refractivity contribution is 5.98. The minimum absolute atomic E-state index is 0.120. The summed E-state index contributed by atoms with van der Waals surface area (Å²) in [5.41, 5.74) is 1.12. The van der Waals surface area contributed by atoms with E-state index in [1.807, 2.05) is 6.07 Å². The normalized spacial score (nSPS) is 17.2. The molecule has 0 fully saturated rings. The Labute approximate surface area is 115 Å². The van der Waals surface area contributed by atoms with Gasteiger partial charge >= 0.3 is 5.97 Å². The van der Waals surface area contributed by atoms with Crippen molar-refractivity contribution in [3.63, 3.8) is 0 Å². The van der Waals surface area contributed by atoms with Crippen LogP contribution in [0.25, 0.3) is 10.9 Å². The molecule has 0 aliphatic carbocycles. The number of aromatic amines is 1. The molecule has 1 aromatic heterocycles. The van der Waals surface area contributed by atoms with E-state index in [1.54, 1.807) is 19.1 Å². The summed E-state index contributed by atoms with van der Waals surface area (Å²) in [4.78, 5) is 14.7. The highest BCUT2D eigenvalue weighted by Crippen LogP contribution is 2.39. The molecule has 6 nitrogen and oxygen atoms in total. The van der Waals surface area contributed by atoms with Crippen molar-refractivity contribution < 1.29 is 24.1 Å². The Hall–Kier alpha value is -2.21. The molecule has 2 heterocycles. The first-order chi connectivity index (χ1) is 9.72. The van der Waals surface area contributed by atoms with Gasteiger partial charge in [0.15, 0.2) is 17.6 Å². The van der Waals surface area contributed by atoms with E-state index in [0.29, 0.717) is 30.4 Å². The van der Waals surface area contributed by atoms with E-state index in [2.05, 4.69) is 4.98 Å². The fraction of sp³-hybridized carbons (Fsp3) is 0.357. The third-order valence-electron chi connectivity index (χ3n) is 3.13. The van der Waals surface area contributed by atoms with Gasteiger partial charge in [0.05, 0.1) is 18.7 Å². The molecule has 0 saturated heterocycles.